The zero-order chi connectivity index (χ0) is 15.2. The number of rotatable bonds is 6. The molecule has 0 amide bonds. The summed E-state index contributed by atoms with van der Waals surface area (Å²) in [4.78, 5) is 4.83. The quantitative estimate of drug-likeness (QED) is 0.871. The second kappa shape index (κ2) is 7.78. The van der Waals surface area contributed by atoms with Crippen molar-refractivity contribution in [3.8, 4) is 5.75 Å². The number of piperazine rings is 1. The lowest BCUT2D eigenvalue weighted by molar-refractivity contribution is 0.0469. The van der Waals surface area contributed by atoms with Crippen molar-refractivity contribution >= 4 is 0 Å². The monoisotopic (exact) mass is 292 g/mol. The van der Waals surface area contributed by atoms with Crippen LogP contribution in [0, 0.1) is 0 Å². The summed E-state index contributed by atoms with van der Waals surface area (Å²) >= 11 is 0. The molecule has 0 bridgehead atoms. The SMILES string of the molecule is CCOc1ccccc1C(O)CN1CCN(CC)C(C)C1. The highest BCUT2D eigenvalue weighted by atomic mass is 16.5. The standard InChI is InChI=1S/C17H28N2O2/c1-4-19-11-10-18(12-14(19)3)13-16(20)15-8-6-7-9-17(15)21-5-2/h6-9,14,16,20H,4-5,10-13H2,1-3H3. The van der Waals surface area contributed by atoms with E-state index in [0.717, 1.165) is 37.5 Å². The van der Waals surface area contributed by atoms with Crippen LogP contribution in [0.4, 0.5) is 0 Å². The number of hydrogen-bond acceptors (Lipinski definition) is 4. The summed E-state index contributed by atoms with van der Waals surface area (Å²) < 4.78 is 5.62. The Balaban J connectivity index is 1.97. The van der Waals surface area contributed by atoms with Crippen molar-refractivity contribution in [3.05, 3.63) is 29.8 Å². The van der Waals surface area contributed by atoms with E-state index in [1.54, 1.807) is 0 Å². The Bertz CT molecular complexity index is 439. The maximum Gasteiger partial charge on any atom is 0.125 e. The van der Waals surface area contributed by atoms with Crippen LogP contribution in [-0.2, 0) is 0 Å². The van der Waals surface area contributed by atoms with Crippen molar-refractivity contribution in [3.63, 3.8) is 0 Å². The summed E-state index contributed by atoms with van der Waals surface area (Å²) in [7, 11) is 0. The summed E-state index contributed by atoms with van der Waals surface area (Å²) in [6.07, 6.45) is -0.492. The number of β-amino-alcohol motifs (C(OH)–C–C–N with tert-alkyl or cyclic N) is 1. The van der Waals surface area contributed by atoms with E-state index >= 15 is 0 Å². The van der Waals surface area contributed by atoms with Crippen LogP contribution in [0.1, 0.15) is 32.4 Å². The molecular formula is C17H28N2O2. The van der Waals surface area contributed by atoms with Gasteiger partial charge in [-0.1, -0.05) is 25.1 Å². The molecule has 1 aliphatic heterocycles. The largest absolute Gasteiger partial charge is 0.493 e. The van der Waals surface area contributed by atoms with Crippen molar-refractivity contribution in [2.75, 3.05) is 39.3 Å². The molecule has 0 radical (unpaired) electrons. The third-order valence-electron chi connectivity index (χ3n) is 4.26. The van der Waals surface area contributed by atoms with Crippen LogP contribution < -0.4 is 4.74 Å². The number of para-hydroxylation sites is 1. The van der Waals surface area contributed by atoms with Crippen LogP contribution in [0.3, 0.4) is 0 Å². The molecule has 4 nitrogen and oxygen atoms in total. The van der Waals surface area contributed by atoms with Gasteiger partial charge in [-0.15, -0.1) is 0 Å². The van der Waals surface area contributed by atoms with E-state index in [-0.39, 0.29) is 0 Å². The first-order chi connectivity index (χ1) is 10.2. The Labute approximate surface area is 128 Å². The topological polar surface area (TPSA) is 35.9 Å². The first-order valence-electron chi connectivity index (χ1n) is 8.01. The van der Waals surface area contributed by atoms with E-state index < -0.39 is 6.10 Å². The van der Waals surface area contributed by atoms with Gasteiger partial charge in [0.2, 0.25) is 0 Å². The predicted octanol–water partition coefficient (Wildman–Crippen LogP) is 2.14. The van der Waals surface area contributed by atoms with Gasteiger partial charge in [0.05, 0.1) is 12.7 Å². The van der Waals surface area contributed by atoms with Gasteiger partial charge in [0.15, 0.2) is 0 Å². The molecule has 1 aromatic rings. The number of aliphatic hydroxyl groups excluding tert-OH is 1. The van der Waals surface area contributed by atoms with Crippen LogP contribution >= 0.6 is 0 Å². The maximum atomic E-state index is 10.6. The second-order valence-corrected chi connectivity index (χ2v) is 5.72. The molecule has 2 atom stereocenters. The molecule has 1 heterocycles. The summed E-state index contributed by atoms with van der Waals surface area (Å²) in [6.45, 7) is 11.9. The van der Waals surface area contributed by atoms with Gasteiger partial charge in [-0.3, -0.25) is 9.80 Å². The van der Waals surface area contributed by atoms with Crippen LogP contribution in [0.25, 0.3) is 0 Å². The molecule has 2 unspecified atom stereocenters. The molecule has 0 aromatic heterocycles. The summed E-state index contributed by atoms with van der Waals surface area (Å²) in [5.41, 5.74) is 0.893. The fourth-order valence-corrected chi connectivity index (χ4v) is 3.09. The first-order valence-corrected chi connectivity index (χ1v) is 8.01. The van der Waals surface area contributed by atoms with E-state index in [0.29, 0.717) is 19.2 Å². The Morgan fingerprint density at radius 2 is 2.05 bits per heavy atom. The summed E-state index contributed by atoms with van der Waals surface area (Å²) in [6, 6.07) is 8.35. The van der Waals surface area contributed by atoms with Crippen molar-refractivity contribution in [2.45, 2.75) is 32.9 Å². The Morgan fingerprint density at radius 3 is 2.71 bits per heavy atom. The molecule has 0 spiro atoms. The van der Waals surface area contributed by atoms with E-state index in [4.69, 9.17) is 4.74 Å². The number of ether oxygens (including phenoxy) is 1. The first kappa shape index (κ1) is 16.3. The van der Waals surface area contributed by atoms with E-state index in [1.807, 2.05) is 31.2 Å². The molecule has 1 fully saturated rings. The third kappa shape index (κ3) is 4.19. The fourth-order valence-electron chi connectivity index (χ4n) is 3.09. The normalized spacial score (nSPS) is 22.2. The van der Waals surface area contributed by atoms with Gasteiger partial charge in [0.1, 0.15) is 5.75 Å². The number of benzene rings is 1. The molecule has 2 rings (SSSR count). The lowest BCUT2D eigenvalue weighted by Crippen LogP contribution is -2.52. The Hall–Kier alpha value is -1.10. The van der Waals surface area contributed by atoms with E-state index in [1.165, 1.54) is 0 Å². The van der Waals surface area contributed by atoms with Gasteiger partial charge in [0, 0.05) is 37.8 Å². The van der Waals surface area contributed by atoms with Gasteiger partial charge < -0.3 is 9.84 Å². The number of nitrogens with zero attached hydrogens (tertiary/aromatic N) is 2. The number of aliphatic hydroxyl groups is 1. The summed E-state index contributed by atoms with van der Waals surface area (Å²) in [5, 5.41) is 10.6. The lowest BCUT2D eigenvalue weighted by Gasteiger charge is -2.40. The minimum Gasteiger partial charge on any atom is -0.493 e. The molecule has 1 saturated heterocycles. The van der Waals surface area contributed by atoms with Crippen molar-refractivity contribution < 1.29 is 9.84 Å². The molecule has 4 heteroatoms. The number of likely N-dealkylation sites (N-methyl/N-ethyl adjacent to an activating group) is 1. The van der Waals surface area contributed by atoms with Crippen molar-refractivity contribution in [1.82, 2.24) is 9.80 Å². The zero-order valence-electron chi connectivity index (χ0n) is 13.5. The van der Waals surface area contributed by atoms with Crippen molar-refractivity contribution in [1.29, 1.82) is 0 Å². The van der Waals surface area contributed by atoms with Gasteiger partial charge in [0.25, 0.3) is 0 Å². The maximum absolute atomic E-state index is 10.6. The minimum absolute atomic E-state index is 0.492. The highest BCUT2D eigenvalue weighted by Crippen LogP contribution is 2.26. The van der Waals surface area contributed by atoms with Gasteiger partial charge in [-0.25, -0.2) is 0 Å². The molecule has 1 aliphatic rings. The van der Waals surface area contributed by atoms with Crippen LogP contribution in [0.5, 0.6) is 5.75 Å². The molecule has 0 saturated carbocycles. The minimum atomic E-state index is -0.492. The molecule has 21 heavy (non-hydrogen) atoms. The predicted molar refractivity (Wildman–Crippen MR) is 85.7 cm³/mol. The molecule has 118 valence electrons. The zero-order valence-corrected chi connectivity index (χ0v) is 13.5. The summed E-state index contributed by atoms with van der Waals surface area (Å²) in [5.74, 6) is 0.799. The van der Waals surface area contributed by atoms with Crippen LogP contribution in [0.2, 0.25) is 0 Å². The highest BCUT2D eigenvalue weighted by Gasteiger charge is 2.25. The average molecular weight is 292 g/mol. The fraction of sp³-hybridized carbons (Fsp3) is 0.647. The van der Waals surface area contributed by atoms with Gasteiger partial charge in [-0.05, 0) is 26.5 Å². The van der Waals surface area contributed by atoms with Crippen LogP contribution in [0.15, 0.2) is 24.3 Å². The molecule has 1 aromatic carbocycles. The van der Waals surface area contributed by atoms with Gasteiger partial charge >= 0.3 is 0 Å². The van der Waals surface area contributed by atoms with E-state index in [9.17, 15) is 5.11 Å². The second-order valence-electron chi connectivity index (χ2n) is 5.72. The smallest absolute Gasteiger partial charge is 0.125 e. The van der Waals surface area contributed by atoms with Gasteiger partial charge in [-0.2, -0.15) is 0 Å². The molecule has 0 aliphatic carbocycles. The van der Waals surface area contributed by atoms with Crippen LogP contribution in [-0.4, -0.2) is 60.3 Å². The molecule has 1 N–H and O–H groups in total. The Morgan fingerprint density at radius 1 is 1.29 bits per heavy atom. The lowest BCUT2D eigenvalue weighted by atomic mass is 10.1. The number of hydrogen-bond donors (Lipinski definition) is 1. The highest BCUT2D eigenvalue weighted by molar-refractivity contribution is 5.35. The van der Waals surface area contributed by atoms with Crippen molar-refractivity contribution in [2.24, 2.45) is 0 Å². The van der Waals surface area contributed by atoms with E-state index in [2.05, 4.69) is 23.6 Å². The third-order valence-corrected chi connectivity index (χ3v) is 4.26. The Kier molecular flexibility index (Phi) is 6.03. The average Bonchev–Trinajstić information content (AvgIpc) is 2.48. The molecular weight excluding hydrogens is 264 g/mol.